The van der Waals surface area contributed by atoms with Gasteiger partial charge in [-0.1, -0.05) is 0 Å². The predicted octanol–water partition coefficient (Wildman–Crippen LogP) is 0.734. The van der Waals surface area contributed by atoms with Crippen LogP contribution in [-0.4, -0.2) is 57.3 Å². The van der Waals surface area contributed by atoms with E-state index in [1.807, 2.05) is 0 Å². The maximum absolute atomic E-state index is 12.6. The normalized spacial score (nSPS) is 18.9. The zero-order valence-electron chi connectivity index (χ0n) is 12.3. The highest BCUT2D eigenvalue weighted by Crippen LogP contribution is 2.31. The quantitative estimate of drug-likeness (QED) is 0.825. The summed E-state index contributed by atoms with van der Waals surface area (Å²) in [6.07, 6.45) is -0.714. The number of amides is 1. The zero-order valence-corrected chi connectivity index (χ0v) is 13.1. The van der Waals surface area contributed by atoms with Gasteiger partial charge in [-0.15, -0.1) is 0 Å². The third-order valence-electron chi connectivity index (χ3n) is 3.47. The number of hydrogen-bond acceptors (Lipinski definition) is 5. The molecule has 1 heterocycles. The van der Waals surface area contributed by atoms with Gasteiger partial charge in [0.25, 0.3) is 0 Å². The lowest BCUT2D eigenvalue weighted by molar-refractivity contribution is 0.190. The molecule has 122 valence electrons. The zero-order chi connectivity index (χ0) is 16.3. The van der Waals surface area contributed by atoms with Gasteiger partial charge < -0.3 is 19.9 Å². The molecule has 1 amide bonds. The van der Waals surface area contributed by atoms with E-state index in [0.29, 0.717) is 17.9 Å². The van der Waals surface area contributed by atoms with Crippen molar-refractivity contribution in [2.24, 2.45) is 0 Å². The molecule has 1 aromatic carbocycles. The van der Waals surface area contributed by atoms with Crippen LogP contribution in [0.5, 0.6) is 11.5 Å². The van der Waals surface area contributed by atoms with Gasteiger partial charge in [-0.2, -0.15) is 4.31 Å². The molecule has 1 atom stereocenters. The number of hydrogen-bond donors (Lipinski definition) is 2. The molecule has 0 bridgehead atoms. The Balaban J connectivity index is 2.22. The SMILES string of the molecule is COc1ccc(S(=O)(=O)N2CCC(NC(=O)O)C2)cc1OC. The van der Waals surface area contributed by atoms with Gasteiger partial charge in [0.15, 0.2) is 11.5 Å². The molecule has 22 heavy (non-hydrogen) atoms. The minimum atomic E-state index is -3.70. The third kappa shape index (κ3) is 3.25. The Hall–Kier alpha value is -2.00. The number of nitrogens with one attached hydrogen (secondary N) is 1. The molecule has 2 rings (SSSR count). The van der Waals surface area contributed by atoms with Crippen molar-refractivity contribution in [3.8, 4) is 11.5 Å². The summed E-state index contributed by atoms with van der Waals surface area (Å²) in [5.41, 5.74) is 0. The maximum atomic E-state index is 12.6. The first-order chi connectivity index (χ1) is 10.4. The first-order valence-electron chi connectivity index (χ1n) is 6.60. The minimum absolute atomic E-state index is 0.0844. The van der Waals surface area contributed by atoms with E-state index < -0.39 is 22.2 Å². The minimum Gasteiger partial charge on any atom is -0.493 e. The predicted molar refractivity (Wildman–Crippen MR) is 77.9 cm³/mol. The van der Waals surface area contributed by atoms with E-state index in [9.17, 15) is 13.2 Å². The van der Waals surface area contributed by atoms with Crippen molar-refractivity contribution < 1.29 is 27.8 Å². The average molecular weight is 330 g/mol. The van der Waals surface area contributed by atoms with Crippen molar-refractivity contribution in [2.75, 3.05) is 27.3 Å². The summed E-state index contributed by atoms with van der Waals surface area (Å²) in [4.78, 5) is 10.7. The van der Waals surface area contributed by atoms with Gasteiger partial charge in [-0.25, -0.2) is 13.2 Å². The van der Waals surface area contributed by atoms with Gasteiger partial charge in [0.2, 0.25) is 10.0 Å². The van der Waals surface area contributed by atoms with Crippen LogP contribution in [0.4, 0.5) is 4.79 Å². The Kier molecular flexibility index (Phi) is 4.77. The smallest absolute Gasteiger partial charge is 0.404 e. The molecule has 2 N–H and O–H groups in total. The van der Waals surface area contributed by atoms with E-state index in [0.717, 1.165) is 0 Å². The number of rotatable bonds is 5. The van der Waals surface area contributed by atoms with Crippen molar-refractivity contribution in [1.29, 1.82) is 0 Å². The Morgan fingerprint density at radius 2 is 2.00 bits per heavy atom. The molecule has 1 saturated heterocycles. The summed E-state index contributed by atoms with van der Waals surface area (Å²) in [5.74, 6) is 0.760. The summed E-state index contributed by atoms with van der Waals surface area (Å²) >= 11 is 0. The molecule has 1 aromatic rings. The number of nitrogens with zero attached hydrogens (tertiary/aromatic N) is 1. The highest BCUT2D eigenvalue weighted by Gasteiger charge is 2.33. The van der Waals surface area contributed by atoms with E-state index in [1.165, 1.54) is 36.7 Å². The van der Waals surface area contributed by atoms with Gasteiger partial charge in [-0.3, -0.25) is 0 Å². The Bertz CT molecular complexity index is 660. The van der Waals surface area contributed by atoms with Crippen molar-refractivity contribution in [3.05, 3.63) is 18.2 Å². The number of methoxy groups -OCH3 is 2. The highest BCUT2D eigenvalue weighted by atomic mass is 32.2. The lowest BCUT2D eigenvalue weighted by Gasteiger charge is -2.17. The number of benzene rings is 1. The lowest BCUT2D eigenvalue weighted by atomic mass is 10.3. The molecule has 0 spiro atoms. The third-order valence-corrected chi connectivity index (χ3v) is 5.33. The fourth-order valence-corrected chi connectivity index (χ4v) is 3.88. The summed E-state index contributed by atoms with van der Waals surface area (Å²) < 4.78 is 36.6. The van der Waals surface area contributed by atoms with Crippen LogP contribution in [0.15, 0.2) is 23.1 Å². The molecule has 0 aromatic heterocycles. The van der Waals surface area contributed by atoms with E-state index in [4.69, 9.17) is 14.6 Å². The molecule has 0 aliphatic carbocycles. The van der Waals surface area contributed by atoms with Crippen LogP contribution in [0.3, 0.4) is 0 Å². The fourth-order valence-electron chi connectivity index (χ4n) is 2.37. The molecular formula is C13H18N2O6S. The van der Waals surface area contributed by atoms with E-state index in [-0.39, 0.29) is 18.0 Å². The van der Waals surface area contributed by atoms with Gasteiger partial charge in [0.1, 0.15) is 0 Å². The molecule has 9 heteroatoms. The molecule has 1 aliphatic rings. The van der Waals surface area contributed by atoms with Crippen LogP contribution in [0.2, 0.25) is 0 Å². The average Bonchev–Trinajstić information content (AvgIpc) is 2.94. The topological polar surface area (TPSA) is 105 Å². The lowest BCUT2D eigenvalue weighted by Crippen LogP contribution is -2.37. The van der Waals surface area contributed by atoms with Crippen LogP contribution in [0.1, 0.15) is 6.42 Å². The highest BCUT2D eigenvalue weighted by molar-refractivity contribution is 7.89. The van der Waals surface area contributed by atoms with Gasteiger partial charge in [-0.05, 0) is 18.6 Å². The molecule has 1 fully saturated rings. The second-order valence-corrected chi connectivity index (χ2v) is 6.75. The van der Waals surface area contributed by atoms with Crippen LogP contribution in [0.25, 0.3) is 0 Å². The van der Waals surface area contributed by atoms with Crippen LogP contribution in [-0.2, 0) is 10.0 Å². The van der Waals surface area contributed by atoms with Crippen molar-refractivity contribution in [1.82, 2.24) is 9.62 Å². The summed E-state index contributed by atoms with van der Waals surface area (Å²) in [6.45, 7) is 0.380. The molecule has 0 saturated carbocycles. The fraction of sp³-hybridized carbons (Fsp3) is 0.462. The van der Waals surface area contributed by atoms with Crippen LogP contribution >= 0.6 is 0 Å². The number of carbonyl (C=O) groups is 1. The van der Waals surface area contributed by atoms with Crippen molar-refractivity contribution in [3.63, 3.8) is 0 Å². The Labute approximate surface area is 128 Å². The second kappa shape index (κ2) is 6.41. The van der Waals surface area contributed by atoms with Crippen molar-refractivity contribution in [2.45, 2.75) is 17.4 Å². The summed E-state index contributed by atoms with van der Waals surface area (Å²) in [5, 5.41) is 11.0. The van der Waals surface area contributed by atoms with E-state index in [2.05, 4.69) is 5.32 Å². The van der Waals surface area contributed by atoms with Gasteiger partial charge >= 0.3 is 6.09 Å². The first-order valence-corrected chi connectivity index (χ1v) is 8.04. The van der Waals surface area contributed by atoms with E-state index in [1.54, 1.807) is 0 Å². The molecule has 8 nitrogen and oxygen atoms in total. The molecule has 1 unspecified atom stereocenters. The van der Waals surface area contributed by atoms with Crippen LogP contribution in [0, 0.1) is 0 Å². The standard InChI is InChI=1S/C13H18N2O6S/c1-20-11-4-3-10(7-12(11)21-2)22(18,19)15-6-5-9(8-15)14-13(16)17/h3-4,7,9,14H,5-6,8H2,1-2H3,(H,16,17). The van der Waals surface area contributed by atoms with Gasteiger partial charge in [0.05, 0.1) is 19.1 Å². The maximum Gasteiger partial charge on any atom is 0.404 e. The Morgan fingerprint density at radius 3 is 2.59 bits per heavy atom. The van der Waals surface area contributed by atoms with Crippen molar-refractivity contribution >= 4 is 16.1 Å². The number of carboxylic acid groups (broad SMARTS) is 1. The largest absolute Gasteiger partial charge is 0.493 e. The second-order valence-electron chi connectivity index (χ2n) is 4.81. The molecule has 0 radical (unpaired) electrons. The molecular weight excluding hydrogens is 312 g/mol. The first kappa shape index (κ1) is 16.4. The van der Waals surface area contributed by atoms with Gasteiger partial charge in [0, 0.05) is 25.2 Å². The Morgan fingerprint density at radius 1 is 1.32 bits per heavy atom. The van der Waals surface area contributed by atoms with E-state index >= 15 is 0 Å². The monoisotopic (exact) mass is 330 g/mol. The summed E-state index contributed by atoms with van der Waals surface area (Å²) in [6, 6.07) is 3.96. The molecule has 1 aliphatic heterocycles. The number of ether oxygens (including phenoxy) is 2. The summed E-state index contributed by atoms with van der Waals surface area (Å²) in [7, 11) is -0.806. The number of sulfonamides is 1. The van der Waals surface area contributed by atoms with Crippen LogP contribution < -0.4 is 14.8 Å².